The smallest absolute Gasteiger partial charge is 0.239 e. The van der Waals surface area contributed by atoms with Gasteiger partial charge in [0.2, 0.25) is 5.91 Å². The van der Waals surface area contributed by atoms with Gasteiger partial charge >= 0.3 is 0 Å². The van der Waals surface area contributed by atoms with Crippen molar-refractivity contribution < 1.29 is 13.6 Å². The minimum absolute atomic E-state index is 0.175. The third-order valence-electron chi connectivity index (χ3n) is 3.07. The summed E-state index contributed by atoms with van der Waals surface area (Å²) in [5, 5.41) is 5.23. The largest absolute Gasteiger partial charge is 0.371 e. The lowest BCUT2D eigenvalue weighted by molar-refractivity contribution is -0.120. The Morgan fingerprint density at radius 2 is 1.67 bits per heavy atom. The van der Waals surface area contributed by atoms with Gasteiger partial charge in [-0.05, 0) is 24.6 Å². The van der Waals surface area contributed by atoms with E-state index in [-0.39, 0.29) is 24.2 Å². The second-order valence-electron chi connectivity index (χ2n) is 4.65. The Labute approximate surface area is 122 Å². The van der Waals surface area contributed by atoms with Gasteiger partial charge in [0.05, 0.1) is 12.6 Å². The van der Waals surface area contributed by atoms with E-state index in [1.54, 1.807) is 0 Å². The predicted molar refractivity (Wildman–Crippen MR) is 77.8 cm³/mol. The van der Waals surface area contributed by atoms with Crippen LogP contribution in [0.1, 0.15) is 18.5 Å². The molecule has 0 fully saturated rings. The number of nitrogens with one attached hydrogen (secondary N) is 2. The van der Waals surface area contributed by atoms with Gasteiger partial charge in [-0.25, -0.2) is 8.78 Å². The number of carbonyl (C=O) groups is 1. The van der Waals surface area contributed by atoms with Crippen molar-refractivity contribution >= 4 is 11.6 Å². The molecule has 2 aromatic rings. The summed E-state index contributed by atoms with van der Waals surface area (Å²) in [6.45, 7) is 1.64. The topological polar surface area (TPSA) is 41.1 Å². The summed E-state index contributed by atoms with van der Waals surface area (Å²) in [7, 11) is 0. The Morgan fingerprint density at radius 3 is 2.29 bits per heavy atom. The summed E-state index contributed by atoms with van der Waals surface area (Å²) in [5.41, 5.74) is 0.669. The molecule has 1 amide bonds. The molecule has 0 spiro atoms. The van der Waals surface area contributed by atoms with Gasteiger partial charge in [0.1, 0.15) is 17.3 Å². The molecule has 0 radical (unpaired) electrons. The van der Waals surface area contributed by atoms with Gasteiger partial charge in [0.25, 0.3) is 0 Å². The number of rotatable bonds is 5. The maximum absolute atomic E-state index is 13.4. The molecule has 0 saturated heterocycles. The molecule has 0 aliphatic rings. The number of hydrogen-bond donors (Lipinski definition) is 2. The van der Waals surface area contributed by atoms with Crippen molar-refractivity contribution in [3.8, 4) is 0 Å². The molecule has 5 heteroatoms. The summed E-state index contributed by atoms with van der Waals surface area (Å²) >= 11 is 0. The molecule has 0 bridgehead atoms. The van der Waals surface area contributed by atoms with Gasteiger partial charge in [0.15, 0.2) is 0 Å². The average Bonchev–Trinajstić information content (AvgIpc) is 2.47. The van der Waals surface area contributed by atoms with E-state index in [1.807, 2.05) is 37.3 Å². The number of anilines is 1. The third-order valence-corrected chi connectivity index (χ3v) is 3.07. The van der Waals surface area contributed by atoms with Gasteiger partial charge in [-0.15, -0.1) is 0 Å². The van der Waals surface area contributed by atoms with Crippen LogP contribution in [0.5, 0.6) is 0 Å². The van der Waals surface area contributed by atoms with E-state index < -0.39 is 11.6 Å². The maximum Gasteiger partial charge on any atom is 0.239 e. The van der Waals surface area contributed by atoms with Crippen molar-refractivity contribution in [2.45, 2.75) is 13.0 Å². The van der Waals surface area contributed by atoms with Crippen LogP contribution in [0.4, 0.5) is 14.5 Å². The van der Waals surface area contributed by atoms with Crippen LogP contribution in [0.25, 0.3) is 0 Å². The summed E-state index contributed by atoms with van der Waals surface area (Å²) < 4.78 is 26.8. The third kappa shape index (κ3) is 4.02. The average molecular weight is 290 g/mol. The van der Waals surface area contributed by atoms with Crippen molar-refractivity contribution in [3.63, 3.8) is 0 Å². The van der Waals surface area contributed by atoms with Crippen LogP contribution < -0.4 is 10.6 Å². The van der Waals surface area contributed by atoms with Crippen LogP contribution in [0.15, 0.2) is 48.5 Å². The van der Waals surface area contributed by atoms with Gasteiger partial charge in [-0.1, -0.05) is 36.4 Å². The molecule has 0 heterocycles. The molecule has 2 N–H and O–H groups in total. The number of para-hydroxylation sites is 1. The molecule has 2 aromatic carbocycles. The zero-order valence-corrected chi connectivity index (χ0v) is 11.6. The van der Waals surface area contributed by atoms with E-state index in [2.05, 4.69) is 10.6 Å². The van der Waals surface area contributed by atoms with E-state index in [0.29, 0.717) is 0 Å². The van der Waals surface area contributed by atoms with Crippen LogP contribution in [0.3, 0.4) is 0 Å². The van der Waals surface area contributed by atoms with Gasteiger partial charge < -0.3 is 10.6 Å². The molecular weight excluding hydrogens is 274 g/mol. The summed E-state index contributed by atoms with van der Waals surface area (Å²) in [6, 6.07) is 12.8. The molecular formula is C16H16F2N2O. The quantitative estimate of drug-likeness (QED) is 0.887. The van der Waals surface area contributed by atoms with Gasteiger partial charge in [-0.3, -0.25) is 4.79 Å². The fourth-order valence-corrected chi connectivity index (χ4v) is 1.95. The Bertz CT molecular complexity index is 597. The summed E-state index contributed by atoms with van der Waals surface area (Å²) in [5.74, 6) is -1.79. The molecule has 21 heavy (non-hydrogen) atoms. The lowest BCUT2D eigenvalue weighted by Gasteiger charge is -2.15. The minimum Gasteiger partial charge on any atom is -0.371 e. The van der Waals surface area contributed by atoms with E-state index in [9.17, 15) is 13.6 Å². The first-order chi connectivity index (χ1) is 10.1. The summed E-state index contributed by atoms with van der Waals surface area (Å²) in [4.78, 5) is 11.8. The van der Waals surface area contributed by atoms with E-state index >= 15 is 0 Å². The Hall–Kier alpha value is -2.43. The SMILES string of the molecule is CC(NC(=O)CNc1c(F)cccc1F)c1ccccc1. The van der Waals surface area contributed by atoms with Crippen LogP contribution in [0.2, 0.25) is 0 Å². The van der Waals surface area contributed by atoms with Crippen molar-refractivity contribution in [1.82, 2.24) is 5.32 Å². The zero-order valence-electron chi connectivity index (χ0n) is 11.6. The molecule has 1 atom stereocenters. The lowest BCUT2D eigenvalue weighted by Crippen LogP contribution is -2.32. The first-order valence-electron chi connectivity index (χ1n) is 6.60. The molecule has 110 valence electrons. The Morgan fingerprint density at radius 1 is 1.05 bits per heavy atom. The number of benzene rings is 2. The molecule has 2 rings (SSSR count). The normalized spacial score (nSPS) is 11.8. The fourth-order valence-electron chi connectivity index (χ4n) is 1.95. The second-order valence-corrected chi connectivity index (χ2v) is 4.65. The highest BCUT2D eigenvalue weighted by Crippen LogP contribution is 2.17. The monoisotopic (exact) mass is 290 g/mol. The van der Waals surface area contributed by atoms with Crippen molar-refractivity contribution in [2.24, 2.45) is 0 Å². The van der Waals surface area contributed by atoms with Gasteiger partial charge in [0, 0.05) is 0 Å². The zero-order chi connectivity index (χ0) is 15.2. The van der Waals surface area contributed by atoms with Crippen LogP contribution in [-0.2, 0) is 4.79 Å². The highest BCUT2D eigenvalue weighted by atomic mass is 19.1. The van der Waals surface area contributed by atoms with Crippen LogP contribution in [-0.4, -0.2) is 12.5 Å². The molecule has 0 aromatic heterocycles. The molecule has 0 aliphatic carbocycles. The van der Waals surface area contributed by atoms with Crippen molar-refractivity contribution in [3.05, 3.63) is 65.7 Å². The minimum atomic E-state index is -0.723. The van der Waals surface area contributed by atoms with Crippen molar-refractivity contribution in [1.29, 1.82) is 0 Å². The molecule has 1 unspecified atom stereocenters. The van der Waals surface area contributed by atoms with Crippen LogP contribution in [0, 0.1) is 11.6 Å². The number of halogens is 2. The maximum atomic E-state index is 13.4. The van der Waals surface area contributed by atoms with E-state index in [0.717, 1.165) is 17.7 Å². The lowest BCUT2D eigenvalue weighted by atomic mass is 10.1. The van der Waals surface area contributed by atoms with E-state index in [1.165, 1.54) is 6.07 Å². The molecule has 0 saturated carbocycles. The number of amides is 1. The number of hydrogen-bond acceptors (Lipinski definition) is 2. The summed E-state index contributed by atoms with van der Waals surface area (Å²) in [6.07, 6.45) is 0. The predicted octanol–water partition coefficient (Wildman–Crippen LogP) is 3.25. The second kappa shape index (κ2) is 6.83. The molecule has 3 nitrogen and oxygen atoms in total. The van der Waals surface area contributed by atoms with Crippen molar-refractivity contribution in [2.75, 3.05) is 11.9 Å². The first-order valence-corrected chi connectivity index (χ1v) is 6.60. The first kappa shape index (κ1) is 15.0. The fraction of sp³-hybridized carbons (Fsp3) is 0.188. The van der Waals surface area contributed by atoms with Crippen LogP contribution >= 0.6 is 0 Å². The van der Waals surface area contributed by atoms with E-state index in [4.69, 9.17) is 0 Å². The number of carbonyl (C=O) groups excluding carboxylic acids is 1. The highest BCUT2D eigenvalue weighted by Gasteiger charge is 2.12. The van der Waals surface area contributed by atoms with Gasteiger partial charge in [-0.2, -0.15) is 0 Å². The molecule has 0 aliphatic heterocycles. The Balaban J connectivity index is 1.91. The standard InChI is InChI=1S/C16H16F2N2O/c1-11(12-6-3-2-4-7-12)20-15(21)10-19-16-13(17)8-5-9-14(16)18/h2-9,11,19H,10H2,1H3,(H,20,21). The Kier molecular flexibility index (Phi) is 4.87. The highest BCUT2D eigenvalue weighted by molar-refractivity contribution is 5.81.